The standard InChI is InChI=1S/C28H35N5O3/c1-18-14-24(19(2)31(18)17-21-8-6-7-13-29-21)26(34)33(22-9-10-22)23-11-12-25-20(15-23)16-32(30-25)27(35)36-28(3,4)5/h6-8,13-14,16,22-23H,9-12,15,17H2,1-5H3. The number of hydrogen-bond acceptors (Lipinski definition) is 5. The quantitative estimate of drug-likeness (QED) is 0.519. The molecule has 1 fully saturated rings. The van der Waals surface area contributed by atoms with Crippen molar-refractivity contribution in [1.82, 2.24) is 24.2 Å². The molecule has 1 atom stereocenters. The first-order valence-corrected chi connectivity index (χ1v) is 12.8. The Morgan fingerprint density at radius 3 is 2.58 bits per heavy atom. The molecular formula is C28H35N5O3. The largest absolute Gasteiger partial charge is 0.442 e. The lowest BCUT2D eigenvalue weighted by Gasteiger charge is -2.34. The van der Waals surface area contributed by atoms with Crippen molar-refractivity contribution < 1.29 is 14.3 Å². The Labute approximate surface area is 212 Å². The van der Waals surface area contributed by atoms with Crippen LogP contribution in [0.4, 0.5) is 4.79 Å². The van der Waals surface area contributed by atoms with Gasteiger partial charge in [0.1, 0.15) is 5.60 Å². The third-order valence-corrected chi connectivity index (χ3v) is 7.05. The number of pyridine rings is 1. The fraction of sp³-hybridized carbons (Fsp3) is 0.500. The average molecular weight is 490 g/mol. The molecule has 2 aliphatic rings. The molecule has 3 heterocycles. The second-order valence-electron chi connectivity index (χ2n) is 11.1. The van der Waals surface area contributed by atoms with Crippen LogP contribution in [0.1, 0.15) is 78.7 Å². The van der Waals surface area contributed by atoms with E-state index in [0.29, 0.717) is 13.0 Å². The predicted octanol–water partition coefficient (Wildman–Crippen LogP) is 4.69. The number of aryl methyl sites for hydroxylation is 2. The zero-order valence-corrected chi connectivity index (χ0v) is 21.8. The Balaban J connectivity index is 1.36. The van der Waals surface area contributed by atoms with E-state index in [9.17, 15) is 9.59 Å². The number of fused-ring (bicyclic) bond motifs is 1. The molecule has 1 unspecified atom stereocenters. The Morgan fingerprint density at radius 2 is 1.92 bits per heavy atom. The first-order valence-electron chi connectivity index (χ1n) is 12.8. The van der Waals surface area contributed by atoms with Gasteiger partial charge in [0.05, 0.1) is 23.5 Å². The number of amides is 1. The number of carbonyl (C=O) groups is 2. The predicted molar refractivity (Wildman–Crippen MR) is 136 cm³/mol. The van der Waals surface area contributed by atoms with Gasteiger partial charge in [0.15, 0.2) is 0 Å². The fourth-order valence-corrected chi connectivity index (χ4v) is 5.16. The van der Waals surface area contributed by atoms with Gasteiger partial charge in [0, 0.05) is 35.9 Å². The zero-order chi connectivity index (χ0) is 25.6. The zero-order valence-electron chi connectivity index (χ0n) is 21.8. The third kappa shape index (κ3) is 4.94. The number of rotatable bonds is 5. The van der Waals surface area contributed by atoms with Crippen LogP contribution in [0.15, 0.2) is 36.7 Å². The van der Waals surface area contributed by atoms with Gasteiger partial charge in [0.2, 0.25) is 0 Å². The van der Waals surface area contributed by atoms with Crippen LogP contribution in [0.5, 0.6) is 0 Å². The van der Waals surface area contributed by atoms with E-state index < -0.39 is 11.7 Å². The number of aromatic nitrogens is 4. The van der Waals surface area contributed by atoms with E-state index in [4.69, 9.17) is 4.74 Å². The van der Waals surface area contributed by atoms with Crippen molar-refractivity contribution >= 4 is 12.0 Å². The summed E-state index contributed by atoms with van der Waals surface area (Å²) >= 11 is 0. The van der Waals surface area contributed by atoms with Gasteiger partial charge in [0.25, 0.3) is 5.91 Å². The molecule has 5 rings (SSSR count). The lowest BCUT2D eigenvalue weighted by atomic mass is 9.91. The van der Waals surface area contributed by atoms with Crippen LogP contribution in [-0.2, 0) is 24.1 Å². The van der Waals surface area contributed by atoms with Crippen LogP contribution in [0, 0.1) is 13.8 Å². The monoisotopic (exact) mass is 489 g/mol. The summed E-state index contributed by atoms with van der Waals surface area (Å²) in [6.45, 7) is 10.3. The Hall–Kier alpha value is -3.42. The molecular weight excluding hydrogens is 454 g/mol. The van der Waals surface area contributed by atoms with Crippen molar-refractivity contribution in [3.05, 3.63) is 70.6 Å². The van der Waals surface area contributed by atoms with Crippen LogP contribution in [0.2, 0.25) is 0 Å². The van der Waals surface area contributed by atoms with Crippen molar-refractivity contribution in [2.45, 2.75) is 91.0 Å². The molecule has 8 heteroatoms. The van der Waals surface area contributed by atoms with Gasteiger partial charge in [-0.15, -0.1) is 0 Å². The highest BCUT2D eigenvalue weighted by molar-refractivity contribution is 5.96. The minimum absolute atomic E-state index is 0.0904. The normalized spacial score (nSPS) is 17.5. The fourth-order valence-electron chi connectivity index (χ4n) is 5.16. The van der Waals surface area contributed by atoms with Gasteiger partial charge in [-0.1, -0.05) is 6.07 Å². The molecule has 36 heavy (non-hydrogen) atoms. The molecule has 1 amide bonds. The molecule has 8 nitrogen and oxygen atoms in total. The van der Waals surface area contributed by atoms with E-state index in [-0.39, 0.29) is 18.0 Å². The minimum atomic E-state index is -0.579. The first-order chi connectivity index (χ1) is 17.1. The molecule has 0 aliphatic heterocycles. The van der Waals surface area contributed by atoms with E-state index >= 15 is 0 Å². The number of carbonyl (C=O) groups excluding carboxylic acids is 2. The molecule has 0 aromatic carbocycles. The second kappa shape index (κ2) is 9.22. The van der Waals surface area contributed by atoms with Crippen molar-refractivity contribution in [1.29, 1.82) is 0 Å². The molecule has 0 saturated heterocycles. The summed E-state index contributed by atoms with van der Waals surface area (Å²) in [5.74, 6) is 0.103. The molecule has 0 bridgehead atoms. The lowest BCUT2D eigenvalue weighted by Crippen LogP contribution is -2.45. The number of hydrogen-bond donors (Lipinski definition) is 0. The highest BCUT2D eigenvalue weighted by Gasteiger charge is 2.40. The SMILES string of the molecule is Cc1cc(C(=O)N(C2CC2)C2CCc3nn(C(=O)OC(C)(C)C)cc3C2)c(C)n1Cc1ccccn1. The Bertz CT molecular complexity index is 1280. The van der Waals surface area contributed by atoms with Gasteiger partial charge < -0.3 is 14.2 Å². The van der Waals surface area contributed by atoms with Crippen molar-refractivity contribution in [3.63, 3.8) is 0 Å². The summed E-state index contributed by atoms with van der Waals surface area (Å²) < 4.78 is 8.96. The van der Waals surface area contributed by atoms with Gasteiger partial charge in [-0.25, -0.2) is 4.79 Å². The molecule has 1 saturated carbocycles. The van der Waals surface area contributed by atoms with Crippen molar-refractivity contribution in [2.75, 3.05) is 0 Å². The maximum absolute atomic E-state index is 13.9. The van der Waals surface area contributed by atoms with E-state index in [1.807, 2.05) is 58.9 Å². The maximum atomic E-state index is 13.9. The molecule has 3 aromatic heterocycles. The van der Waals surface area contributed by atoms with Crippen molar-refractivity contribution in [2.24, 2.45) is 0 Å². The number of ether oxygens (including phenoxy) is 1. The molecule has 0 radical (unpaired) electrons. The summed E-state index contributed by atoms with van der Waals surface area (Å²) in [5, 5.41) is 4.49. The topological polar surface area (TPSA) is 82.3 Å². The van der Waals surface area contributed by atoms with Gasteiger partial charge >= 0.3 is 6.09 Å². The number of nitrogens with zero attached hydrogens (tertiary/aromatic N) is 5. The van der Waals surface area contributed by atoms with Crippen LogP contribution >= 0.6 is 0 Å². The van der Waals surface area contributed by atoms with Gasteiger partial charge in [-0.3, -0.25) is 9.78 Å². The Morgan fingerprint density at radius 1 is 1.14 bits per heavy atom. The average Bonchev–Trinajstić information content (AvgIpc) is 3.49. The van der Waals surface area contributed by atoms with E-state index in [1.165, 1.54) is 4.68 Å². The molecule has 3 aromatic rings. The summed E-state index contributed by atoms with van der Waals surface area (Å²) in [5.41, 5.74) is 5.14. The van der Waals surface area contributed by atoms with Gasteiger partial charge in [-0.05, 0) is 90.5 Å². The maximum Gasteiger partial charge on any atom is 0.435 e. The van der Waals surface area contributed by atoms with E-state index in [1.54, 1.807) is 12.4 Å². The summed E-state index contributed by atoms with van der Waals surface area (Å²) in [6.07, 6.45) is 7.48. The Kier molecular flexibility index (Phi) is 6.22. The second-order valence-corrected chi connectivity index (χ2v) is 11.1. The molecule has 190 valence electrons. The van der Waals surface area contributed by atoms with Gasteiger partial charge in [-0.2, -0.15) is 9.78 Å². The smallest absolute Gasteiger partial charge is 0.435 e. The summed E-state index contributed by atoms with van der Waals surface area (Å²) in [6, 6.07) is 8.29. The van der Waals surface area contributed by atoms with Crippen LogP contribution in [0.25, 0.3) is 0 Å². The molecule has 0 N–H and O–H groups in total. The molecule has 2 aliphatic carbocycles. The first kappa shape index (κ1) is 24.3. The highest BCUT2D eigenvalue weighted by atomic mass is 16.6. The highest BCUT2D eigenvalue weighted by Crippen LogP contribution is 2.35. The van der Waals surface area contributed by atoms with E-state index in [2.05, 4.69) is 19.5 Å². The van der Waals surface area contributed by atoms with Crippen LogP contribution in [0.3, 0.4) is 0 Å². The minimum Gasteiger partial charge on any atom is -0.442 e. The lowest BCUT2D eigenvalue weighted by molar-refractivity contribution is 0.0513. The van der Waals surface area contributed by atoms with Crippen LogP contribution < -0.4 is 0 Å². The summed E-state index contributed by atoms with van der Waals surface area (Å²) in [7, 11) is 0. The van der Waals surface area contributed by atoms with Crippen LogP contribution in [-0.4, -0.2) is 53.9 Å². The molecule has 0 spiro atoms. The summed E-state index contributed by atoms with van der Waals surface area (Å²) in [4.78, 5) is 33.0. The third-order valence-electron chi connectivity index (χ3n) is 7.05. The van der Waals surface area contributed by atoms with E-state index in [0.717, 1.165) is 59.6 Å². The van der Waals surface area contributed by atoms with Crippen molar-refractivity contribution in [3.8, 4) is 0 Å².